The van der Waals surface area contributed by atoms with E-state index >= 15 is 0 Å². The van der Waals surface area contributed by atoms with Crippen LogP contribution in [-0.4, -0.2) is 48.6 Å². The molecule has 0 saturated carbocycles. The summed E-state index contributed by atoms with van der Waals surface area (Å²) < 4.78 is 0. The van der Waals surface area contributed by atoms with Gasteiger partial charge in [-0.15, -0.1) is 0 Å². The van der Waals surface area contributed by atoms with E-state index in [9.17, 15) is 14.4 Å². The van der Waals surface area contributed by atoms with Crippen molar-refractivity contribution in [3.63, 3.8) is 0 Å². The van der Waals surface area contributed by atoms with Crippen LogP contribution in [0.5, 0.6) is 0 Å². The van der Waals surface area contributed by atoms with E-state index in [-0.39, 0.29) is 6.54 Å². The topological polar surface area (TPSA) is 108 Å². The first-order valence-electron chi connectivity index (χ1n) is 6.41. The number of unbranched alkanes of at least 4 members (excludes halogenated alkanes) is 1. The molecular weight excluding hydrogens is 250 g/mol. The SMILES string of the molecule is CC(C)NCCCCC(NC(=O)NCC=O)C(=O)O. The summed E-state index contributed by atoms with van der Waals surface area (Å²) in [7, 11) is 0. The normalized spacial score (nSPS) is 11.9. The summed E-state index contributed by atoms with van der Waals surface area (Å²) in [5.74, 6) is -1.07. The van der Waals surface area contributed by atoms with E-state index in [2.05, 4.69) is 16.0 Å². The molecule has 0 aliphatic heterocycles. The summed E-state index contributed by atoms with van der Waals surface area (Å²) in [5.41, 5.74) is 0. The van der Waals surface area contributed by atoms with Crippen LogP contribution in [0.25, 0.3) is 0 Å². The molecule has 0 aliphatic rings. The second-order valence-electron chi connectivity index (χ2n) is 4.52. The molecule has 0 fully saturated rings. The van der Waals surface area contributed by atoms with Gasteiger partial charge in [0.05, 0.1) is 6.54 Å². The second kappa shape index (κ2) is 10.3. The Kier molecular flexibility index (Phi) is 9.42. The van der Waals surface area contributed by atoms with Gasteiger partial charge < -0.3 is 25.9 Å². The van der Waals surface area contributed by atoms with Crippen molar-refractivity contribution in [2.45, 2.75) is 45.2 Å². The van der Waals surface area contributed by atoms with Gasteiger partial charge >= 0.3 is 12.0 Å². The Morgan fingerprint density at radius 1 is 1.26 bits per heavy atom. The minimum absolute atomic E-state index is 0.128. The van der Waals surface area contributed by atoms with Gasteiger partial charge in [0.2, 0.25) is 0 Å². The van der Waals surface area contributed by atoms with Gasteiger partial charge in [0.1, 0.15) is 12.3 Å². The number of hydrogen-bond donors (Lipinski definition) is 4. The van der Waals surface area contributed by atoms with Gasteiger partial charge in [-0.1, -0.05) is 13.8 Å². The van der Waals surface area contributed by atoms with E-state index < -0.39 is 18.0 Å². The van der Waals surface area contributed by atoms with Crippen LogP contribution in [0.4, 0.5) is 4.79 Å². The molecule has 1 atom stereocenters. The van der Waals surface area contributed by atoms with Crippen molar-refractivity contribution in [3.05, 3.63) is 0 Å². The smallest absolute Gasteiger partial charge is 0.326 e. The number of carboxylic acid groups (broad SMARTS) is 1. The molecule has 0 saturated heterocycles. The summed E-state index contributed by atoms with van der Waals surface area (Å²) in [6.45, 7) is 4.77. The van der Waals surface area contributed by atoms with Gasteiger partial charge in [0.25, 0.3) is 0 Å². The summed E-state index contributed by atoms with van der Waals surface area (Å²) in [5, 5.41) is 16.8. The Morgan fingerprint density at radius 3 is 2.47 bits per heavy atom. The fraction of sp³-hybridized carbons (Fsp3) is 0.750. The van der Waals surface area contributed by atoms with E-state index in [1.54, 1.807) is 0 Å². The molecule has 7 heteroatoms. The molecule has 0 aromatic rings. The van der Waals surface area contributed by atoms with Gasteiger partial charge in [-0.3, -0.25) is 0 Å². The number of aldehydes is 1. The Bertz CT molecular complexity index is 295. The standard InChI is InChI=1S/C12H23N3O4/c1-9(2)13-6-4-3-5-10(11(17)18)15-12(19)14-7-8-16/h8-10,13H,3-7H2,1-2H3,(H,17,18)(H2,14,15,19). The minimum atomic E-state index is -1.07. The lowest BCUT2D eigenvalue weighted by Gasteiger charge is -2.15. The molecule has 1 unspecified atom stereocenters. The van der Waals surface area contributed by atoms with Crippen LogP contribution < -0.4 is 16.0 Å². The Balaban J connectivity index is 3.89. The highest BCUT2D eigenvalue weighted by Crippen LogP contribution is 2.01. The highest BCUT2D eigenvalue weighted by Gasteiger charge is 2.18. The number of amides is 2. The van der Waals surface area contributed by atoms with Crippen LogP contribution in [0.1, 0.15) is 33.1 Å². The van der Waals surface area contributed by atoms with Crippen molar-refractivity contribution >= 4 is 18.3 Å². The average Bonchev–Trinajstić information content (AvgIpc) is 2.33. The molecule has 4 N–H and O–H groups in total. The predicted octanol–water partition coefficient (Wildman–Crippen LogP) is 0.106. The fourth-order valence-electron chi connectivity index (χ4n) is 1.47. The summed E-state index contributed by atoms with van der Waals surface area (Å²) in [4.78, 5) is 32.3. The molecule has 0 heterocycles. The van der Waals surface area contributed by atoms with E-state index in [4.69, 9.17) is 5.11 Å². The Hall–Kier alpha value is -1.63. The number of aliphatic carboxylic acids is 1. The molecule has 0 aliphatic carbocycles. The first kappa shape index (κ1) is 17.4. The van der Waals surface area contributed by atoms with Crippen LogP contribution in [0.15, 0.2) is 0 Å². The molecule has 2 amide bonds. The zero-order valence-corrected chi connectivity index (χ0v) is 11.4. The van der Waals surface area contributed by atoms with Gasteiger partial charge in [0, 0.05) is 6.04 Å². The van der Waals surface area contributed by atoms with Crippen molar-refractivity contribution < 1.29 is 19.5 Å². The zero-order valence-electron chi connectivity index (χ0n) is 11.4. The molecule has 0 rings (SSSR count). The van der Waals surface area contributed by atoms with Gasteiger partial charge in [0.15, 0.2) is 0 Å². The van der Waals surface area contributed by atoms with Crippen molar-refractivity contribution in [3.8, 4) is 0 Å². The third-order valence-electron chi connectivity index (χ3n) is 2.42. The van der Waals surface area contributed by atoms with E-state index in [1.807, 2.05) is 13.8 Å². The van der Waals surface area contributed by atoms with Crippen molar-refractivity contribution in [1.82, 2.24) is 16.0 Å². The number of carbonyl (C=O) groups excluding carboxylic acids is 2. The zero-order chi connectivity index (χ0) is 14.7. The average molecular weight is 273 g/mol. The highest BCUT2D eigenvalue weighted by atomic mass is 16.4. The predicted molar refractivity (Wildman–Crippen MR) is 71.0 cm³/mol. The van der Waals surface area contributed by atoms with Gasteiger partial charge in [-0.05, 0) is 25.8 Å². The van der Waals surface area contributed by atoms with E-state index in [0.29, 0.717) is 25.2 Å². The quantitative estimate of drug-likeness (QED) is 0.334. The van der Waals surface area contributed by atoms with E-state index in [1.165, 1.54) is 0 Å². The molecule has 19 heavy (non-hydrogen) atoms. The third kappa shape index (κ3) is 10.0. The maximum atomic E-state index is 11.2. The highest BCUT2D eigenvalue weighted by molar-refractivity contribution is 5.83. The number of rotatable bonds is 10. The number of nitrogens with one attached hydrogen (secondary N) is 3. The largest absolute Gasteiger partial charge is 0.480 e. The first-order chi connectivity index (χ1) is 8.97. The third-order valence-corrected chi connectivity index (χ3v) is 2.42. The maximum Gasteiger partial charge on any atom is 0.326 e. The lowest BCUT2D eigenvalue weighted by molar-refractivity contribution is -0.139. The Labute approximate surface area is 113 Å². The molecule has 110 valence electrons. The van der Waals surface area contributed by atoms with Gasteiger partial charge in [-0.2, -0.15) is 0 Å². The fourth-order valence-corrected chi connectivity index (χ4v) is 1.47. The maximum absolute atomic E-state index is 11.2. The van der Waals surface area contributed by atoms with Crippen LogP contribution in [0.2, 0.25) is 0 Å². The van der Waals surface area contributed by atoms with Gasteiger partial charge in [-0.25, -0.2) is 9.59 Å². The van der Waals surface area contributed by atoms with Crippen molar-refractivity contribution in [1.29, 1.82) is 0 Å². The van der Waals surface area contributed by atoms with E-state index in [0.717, 1.165) is 13.0 Å². The van der Waals surface area contributed by atoms with Crippen LogP contribution in [0, 0.1) is 0 Å². The van der Waals surface area contributed by atoms with Crippen LogP contribution >= 0.6 is 0 Å². The lowest BCUT2D eigenvalue weighted by atomic mass is 10.1. The molecule has 7 nitrogen and oxygen atoms in total. The number of carboxylic acids is 1. The Morgan fingerprint density at radius 2 is 1.95 bits per heavy atom. The lowest BCUT2D eigenvalue weighted by Crippen LogP contribution is -2.46. The van der Waals surface area contributed by atoms with Crippen molar-refractivity contribution in [2.24, 2.45) is 0 Å². The number of carbonyl (C=O) groups is 3. The molecular formula is C12H23N3O4. The van der Waals surface area contributed by atoms with Crippen LogP contribution in [-0.2, 0) is 9.59 Å². The summed E-state index contributed by atoms with van der Waals surface area (Å²) in [6, 6.07) is -1.16. The first-order valence-corrected chi connectivity index (χ1v) is 6.41. The molecule has 0 bridgehead atoms. The summed E-state index contributed by atoms with van der Waals surface area (Å²) >= 11 is 0. The second-order valence-corrected chi connectivity index (χ2v) is 4.52. The summed E-state index contributed by atoms with van der Waals surface area (Å²) in [6.07, 6.45) is 2.45. The van der Waals surface area contributed by atoms with Crippen molar-refractivity contribution in [2.75, 3.05) is 13.1 Å². The molecule has 0 aromatic carbocycles. The molecule has 0 spiro atoms. The number of urea groups is 1. The molecule has 0 radical (unpaired) electrons. The minimum Gasteiger partial charge on any atom is -0.480 e. The monoisotopic (exact) mass is 273 g/mol. The number of hydrogen-bond acceptors (Lipinski definition) is 4. The van der Waals surface area contributed by atoms with Crippen LogP contribution in [0.3, 0.4) is 0 Å². The molecule has 0 aromatic heterocycles.